The highest BCUT2D eigenvalue weighted by Gasteiger charge is 2.75. The van der Waals surface area contributed by atoms with Crippen molar-refractivity contribution in [3.8, 4) is 5.75 Å². The quantitative estimate of drug-likeness (QED) is 0.755. The summed E-state index contributed by atoms with van der Waals surface area (Å²) >= 11 is 7.75. The molecule has 1 amide bonds. The second-order valence-electron chi connectivity index (χ2n) is 7.56. The Morgan fingerprint density at radius 3 is 2.45 bits per heavy atom. The van der Waals surface area contributed by atoms with Gasteiger partial charge in [0.25, 0.3) is 0 Å². The normalized spacial score (nSPS) is 27.1. The fraction of sp³-hybridized carbons (Fsp3) is 0.350. The van der Waals surface area contributed by atoms with Crippen LogP contribution in [0.1, 0.15) is 6.42 Å². The van der Waals surface area contributed by atoms with Gasteiger partial charge >= 0.3 is 0 Å². The SMILES string of the molecule is O=C(Nc1ccc(OC2CSC2)cc1)[C@@]12C[C@H]1CN(c1ccc(Cl)cc1)S2(=O)=O. The Labute approximate surface area is 178 Å². The average molecular weight is 451 g/mol. The van der Waals surface area contributed by atoms with Crippen LogP contribution in [-0.4, -0.2) is 43.2 Å². The highest BCUT2D eigenvalue weighted by molar-refractivity contribution is 8.00. The zero-order valence-electron chi connectivity index (χ0n) is 15.4. The molecule has 3 fully saturated rings. The molecule has 1 saturated carbocycles. The van der Waals surface area contributed by atoms with Gasteiger partial charge in [0.15, 0.2) is 4.75 Å². The van der Waals surface area contributed by atoms with Crippen molar-refractivity contribution in [3.63, 3.8) is 0 Å². The molecule has 152 valence electrons. The van der Waals surface area contributed by atoms with Crippen LogP contribution in [-0.2, 0) is 14.8 Å². The van der Waals surface area contributed by atoms with Crippen LogP contribution in [0.2, 0.25) is 5.02 Å². The van der Waals surface area contributed by atoms with Crippen LogP contribution in [0.4, 0.5) is 11.4 Å². The van der Waals surface area contributed by atoms with E-state index < -0.39 is 20.7 Å². The van der Waals surface area contributed by atoms with E-state index in [-0.39, 0.29) is 12.0 Å². The van der Waals surface area contributed by atoms with Crippen molar-refractivity contribution in [1.29, 1.82) is 0 Å². The van der Waals surface area contributed by atoms with Crippen LogP contribution in [0.5, 0.6) is 5.75 Å². The molecule has 0 unspecified atom stereocenters. The first kappa shape index (κ1) is 19.1. The molecule has 1 N–H and O–H groups in total. The number of nitrogens with one attached hydrogen (secondary N) is 1. The predicted octanol–water partition coefficient (Wildman–Crippen LogP) is 3.38. The van der Waals surface area contributed by atoms with Crippen molar-refractivity contribution in [2.45, 2.75) is 17.3 Å². The number of halogens is 1. The Balaban J connectivity index is 1.31. The summed E-state index contributed by atoms with van der Waals surface area (Å²) in [6.45, 7) is 0.309. The lowest BCUT2D eigenvalue weighted by atomic mass is 10.2. The summed E-state index contributed by atoms with van der Waals surface area (Å²) < 4.78 is 32.1. The van der Waals surface area contributed by atoms with Crippen molar-refractivity contribution in [2.24, 2.45) is 5.92 Å². The average Bonchev–Trinajstić information content (AvgIpc) is 3.36. The van der Waals surface area contributed by atoms with E-state index in [1.54, 1.807) is 48.5 Å². The Hall–Kier alpha value is -1.90. The summed E-state index contributed by atoms with van der Waals surface area (Å²) in [5.41, 5.74) is 1.09. The number of anilines is 2. The second kappa shape index (κ2) is 6.82. The molecule has 2 saturated heterocycles. The van der Waals surface area contributed by atoms with Gasteiger partial charge in [-0.3, -0.25) is 9.10 Å². The van der Waals surface area contributed by atoms with Crippen LogP contribution in [0.3, 0.4) is 0 Å². The molecule has 6 nitrogen and oxygen atoms in total. The first-order valence-corrected chi connectivity index (χ1v) is 12.3. The monoisotopic (exact) mass is 450 g/mol. The topological polar surface area (TPSA) is 75.7 Å². The van der Waals surface area contributed by atoms with Gasteiger partial charge in [-0.2, -0.15) is 11.8 Å². The molecular weight excluding hydrogens is 432 g/mol. The van der Waals surface area contributed by atoms with Gasteiger partial charge in [0.05, 0.1) is 5.69 Å². The van der Waals surface area contributed by atoms with Gasteiger partial charge in [-0.25, -0.2) is 8.42 Å². The summed E-state index contributed by atoms with van der Waals surface area (Å²) in [6, 6.07) is 13.7. The van der Waals surface area contributed by atoms with E-state index in [1.165, 1.54) is 4.31 Å². The van der Waals surface area contributed by atoms with Crippen molar-refractivity contribution in [3.05, 3.63) is 53.6 Å². The third-order valence-electron chi connectivity index (χ3n) is 5.71. The van der Waals surface area contributed by atoms with Gasteiger partial charge < -0.3 is 10.1 Å². The minimum Gasteiger partial charge on any atom is -0.489 e. The fourth-order valence-electron chi connectivity index (χ4n) is 3.91. The third kappa shape index (κ3) is 3.08. The molecule has 2 heterocycles. The van der Waals surface area contributed by atoms with E-state index in [1.807, 2.05) is 11.8 Å². The van der Waals surface area contributed by atoms with Crippen LogP contribution >= 0.6 is 23.4 Å². The number of fused-ring (bicyclic) bond motifs is 1. The van der Waals surface area contributed by atoms with Crippen molar-refractivity contribution < 1.29 is 17.9 Å². The fourth-order valence-corrected chi connectivity index (χ4v) is 6.96. The molecule has 29 heavy (non-hydrogen) atoms. The molecule has 0 spiro atoms. The van der Waals surface area contributed by atoms with Crippen LogP contribution < -0.4 is 14.4 Å². The summed E-state index contributed by atoms with van der Waals surface area (Å²) in [4.78, 5) is 13.0. The molecule has 2 atom stereocenters. The third-order valence-corrected chi connectivity index (χ3v) is 9.72. The predicted molar refractivity (Wildman–Crippen MR) is 115 cm³/mol. The molecule has 2 aromatic carbocycles. The molecule has 0 radical (unpaired) electrons. The Morgan fingerprint density at radius 2 is 1.83 bits per heavy atom. The standard InChI is InChI=1S/C20H19ClN2O4S2/c21-14-1-5-16(6-2-14)23-10-13-9-20(13,29(23,25)26)19(24)22-15-3-7-17(8-4-15)27-18-11-28-12-18/h1-8,13,18H,9-12H2,(H,22,24)/t13-,20+/m0/s1. The molecule has 0 aromatic heterocycles. The first-order chi connectivity index (χ1) is 13.9. The smallest absolute Gasteiger partial charge is 0.250 e. The molecule has 2 aromatic rings. The lowest BCUT2D eigenvalue weighted by Gasteiger charge is -2.26. The Kier molecular flexibility index (Phi) is 4.49. The number of nitrogens with zero attached hydrogens (tertiary/aromatic N) is 1. The van der Waals surface area contributed by atoms with Gasteiger partial charge in [-0.15, -0.1) is 0 Å². The summed E-state index contributed by atoms with van der Waals surface area (Å²) in [6.07, 6.45) is 0.597. The van der Waals surface area contributed by atoms with E-state index in [0.717, 1.165) is 17.3 Å². The number of rotatable bonds is 5. The maximum atomic E-state index is 13.2. The lowest BCUT2D eigenvalue weighted by Crippen LogP contribution is -2.42. The first-order valence-electron chi connectivity index (χ1n) is 9.34. The number of carbonyl (C=O) groups excluding carboxylic acids is 1. The molecule has 3 aliphatic rings. The molecule has 0 bridgehead atoms. The number of sulfonamides is 1. The van der Waals surface area contributed by atoms with E-state index in [9.17, 15) is 13.2 Å². The zero-order valence-corrected chi connectivity index (χ0v) is 17.8. The molecule has 2 aliphatic heterocycles. The largest absolute Gasteiger partial charge is 0.489 e. The van der Waals surface area contributed by atoms with E-state index >= 15 is 0 Å². The van der Waals surface area contributed by atoms with Crippen molar-refractivity contribution in [2.75, 3.05) is 27.7 Å². The Morgan fingerprint density at radius 1 is 1.14 bits per heavy atom. The molecular formula is C20H19ClN2O4S2. The summed E-state index contributed by atoms with van der Waals surface area (Å²) in [7, 11) is -3.81. The van der Waals surface area contributed by atoms with Gasteiger partial charge in [0.2, 0.25) is 15.9 Å². The minimum absolute atomic E-state index is 0.207. The van der Waals surface area contributed by atoms with Gasteiger partial charge in [-0.05, 0) is 55.0 Å². The minimum atomic E-state index is -3.81. The van der Waals surface area contributed by atoms with Gasteiger partial charge in [0, 0.05) is 34.7 Å². The number of thioether (sulfide) groups is 1. The Bertz CT molecular complexity index is 1050. The number of ether oxygens (including phenoxy) is 1. The van der Waals surface area contributed by atoms with E-state index in [2.05, 4.69) is 5.32 Å². The highest BCUT2D eigenvalue weighted by atomic mass is 35.5. The summed E-state index contributed by atoms with van der Waals surface area (Å²) in [5, 5.41) is 3.32. The maximum absolute atomic E-state index is 13.2. The molecule has 5 rings (SSSR count). The highest BCUT2D eigenvalue weighted by Crippen LogP contribution is 2.58. The summed E-state index contributed by atoms with van der Waals surface area (Å²) in [5.74, 6) is 2.05. The number of carbonyl (C=O) groups is 1. The van der Waals surface area contributed by atoms with Crippen LogP contribution in [0.15, 0.2) is 48.5 Å². The lowest BCUT2D eigenvalue weighted by molar-refractivity contribution is -0.116. The van der Waals surface area contributed by atoms with Crippen molar-refractivity contribution >= 4 is 50.7 Å². The second-order valence-corrected chi connectivity index (χ2v) is 11.2. The molecule has 9 heteroatoms. The number of benzene rings is 2. The maximum Gasteiger partial charge on any atom is 0.250 e. The zero-order chi connectivity index (χ0) is 20.2. The van der Waals surface area contributed by atoms with Gasteiger partial charge in [-0.1, -0.05) is 11.6 Å². The van der Waals surface area contributed by atoms with Crippen LogP contribution in [0.25, 0.3) is 0 Å². The van der Waals surface area contributed by atoms with Crippen molar-refractivity contribution in [1.82, 2.24) is 0 Å². The number of amides is 1. The molecule has 1 aliphatic carbocycles. The van der Waals surface area contributed by atoms with E-state index in [0.29, 0.717) is 29.4 Å². The van der Waals surface area contributed by atoms with Gasteiger partial charge in [0.1, 0.15) is 11.9 Å². The van der Waals surface area contributed by atoms with E-state index in [4.69, 9.17) is 16.3 Å². The number of hydrogen-bond acceptors (Lipinski definition) is 5. The van der Waals surface area contributed by atoms with Crippen LogP contribution in [0, 0.1) is 5.92 Å². The number of hydrogen-bond donors (Lipinski definition) is 1.